The SMILES string of the molecule is COC(=O)c1ccc(Oc2ccccc2NC=C(C#N)C#N)cc1. The molecule has 0 spiro atoms. The van der Waals surface area contributed by atoms with Gasteiger partial charge in [-0.3, -0.25) is 0 Å². The number of nitrogens with zero attached hydrogens (tertiary/aromatic N) is 2. The number of carbonyl (C=O) groups excluding carboxylic acids is 1. The number of methoxy groups -OCH3 is 1. The second kappa shape index (κ2) is 8.02. The number of ether oxygens (including phenoxy) is 2. The highest BCUT2D eigenvalue weighted by Crippen LogP contribution is 2.29. The van der Waals surface area contributed by atoms with Crippen LogP contribution in [0.4, 0.5) is 5.69 Å². The van der Waals surface area contributed by atoms with Crippen LogP contribution in [0.3, 0.4) is 0 Å². The number of allylic oxidation sites excluding steroid dienone is 1. The van der Waals surface area contributed by atoms with E-state index in [1.165, 1.54) is 13.3 Å². The number of nitrogens with one attached hydrogen (secondary N) is 1. The molecule has 0 saturated heterocycles. The van der Waals surface area contributed by atoms with Crippen molar-refractivity contribution in [3.8, 4) is 23.6 Å². The summed E-state index contributed by atoms with van der Waals surface area (Å²) >= 11 is 0. The zero-order valence-corrected chi connectivity index (χ0v) is 12.8. The van der Waals surface area contributed by atoms with E-state index in [2.05, 4.69) is 10.1 Å². The number of nitriles is 2. The number of hydrogen-bond donors (Lipinski definition) is 1. The third-order valence-electron chi connectivity index (χ3n) is 3.00. The number of carbonyl (C=O) groups is 1. The van der Waals surface area contributed by atoms with Gasteiger partial charge in [-0.15, -0.1) is 0 Å². The summed E-state index contributed by atoms with van der Waals surface area (Å²) in [6, 6.07) is 17.1. The Morgan fingerprint density at radius 2 is 1.75 bits per heavy atom. The third kappa shape index (κ3) is 4.12. The smallest absolute Gasteiger partial charge is 0.337 e. The van der Waals surface area contributed by atoms with E-state index in [0.29, 0.717) is 22.7 Å². The van der Waals surface area contributed by atoms with Gasteiger partial charge in [0.25, 0.3) is 0 Å². The van der Waals surface area contributed by atoms with Gasteiger partial charge in [-0.25, -0.2) is 4.79 Å². The second-order valence-electron chi connectivity index (χ2n) is 4.54. The topological polar surface area (TPSA) is 95.1 Å². The Balaban J connectivity index is 2.19. The van der Waals surface area contributed by atoms with Crippen LogP contribution in [0, 0.1) is 22.7 Å². The van der Waals surface area contributed by atoms with Crippen molar-refractivity contribution < 1.29 is 14.3 Å². The maximum Gasteiger partial charge on any atom is 0.337 e. The van der Waals surface area contributed by atoms with E-state index in [-0.39, 0.29) is 5.57 Å². The first-order valence-electron chi connectivity index (χ1n) is 6.90. The lowest BCUT2D eigenvalue weighted by molar-refractivity contribution is 0.0600. The summed E-state index contributed by atoms with van der Waals surface area (Å²) in [6.07, 6.45) is 1.31. The van der Waals surface area contributed by atoms with E-state index in [0.717, 1.165) is 0 Å². The molecule has 0 unspecified atom stereocenters. The van der Waals surface area contributed by atoms with Crippen LogP contribution >= 0.6 is 0 Å². The van der Waals surface area contributed by atoms with Crippen LogP contribution in [0.2, 0.25) is 0 Å². The zero-order chi connectivity index (χ0) is 17.4. The molecule has 0 radical (unpaired) electrons. The molecule has 0 aromatic heterocycles. The largest absolute Gasteiger partial charge is 0.465 e. The van der Waals surface area contributed by atoms with Crippen molar-refractivity contribution >= 4 is 11.7 Å². The molecule has 0 bridgehead atoms. The van der Waals surface area contributed by atoms with Crippen LogP contribution in [-0.4, -0.2) is 13.1 Å². The van der Waals surface area contributed by atoms with Gasteiger partial charge < -0.3 is 14.8 Å². The summed E-state index contributed by atoms with van der Waals surface area (Å²) in [4.78, 5) is 11.4. The Labute approximate surface area is 139 Å². The Morgan fingerprint density at radius 1 is 1.08 bits per heavy atom. The van der Waals surface area contributed by atoms with Crippen LogP contribution in [-0.2, 0) is 4.74 Å². The molecule has 6 heteroatoms. The number of esters is 1. The summed E-state index contributed by atoms with van der Waals surface area (Å²) in [7, 11) is 1.32. The molecule has 0 aliphatic carbocycles. The van der Waals surface area contributed by atoms with Crippen molar-refractivity contribution in [3.63, 3.8) is 0 Å². The maximum absolute atomic E-state index is 11.4. The summed E-state index contributed by atoms with van der Waals surface area (Å²) in [5.41, 5.74) is 0.969. The number of hydrogen-bond acceptors (Lipinski definition) is 6. The fourth-order valence-corrected chi connectivity index (χ4v) is 1.82. The molecule has 1 N–H and O–H groups in total. The van der Waals surface area contributed by atoms with Gasteiger partial charge in [0.05, 0.1) is 18.4 Å². The summed E-state index contributed by atoms with van der Waals surface area (Å²) in [6.45, 7) is 0. The quantitative estimate of drug-likeness (QED) is 0.668. The average molecular weight is 319 g/mol. The molecule has 0 amide bonds. The van der Waals surface area contributed by atoms with Gasteiger partial charge in [0.1, 0.15) is 23.5 Å². The molecule has 2 rings (SSSR count). The molecule has 6 nitrogen and oxygen atoms in total. The number of para-hydroxylation sites is 2. The molecular weight excluding hydrogens is 306 g/mol. The average Bonchev–Trinajstić information content (AvgIpc) is 2.63. The number of anilines is 1. The Hall–Kier alpha value is -3.77. The van der Waals surface area contributed by atoms with Gasteiger partial charge in [0.15, 0.2) is 5.75 Å². The molecule has 24 heavy (non-hydrogen) atoms. The third-order valence-corrected chi connectivity index (χ3v) is 3.00. The maximum atomic E-state index is 11.4. The second-order valence-corrected chi connectivity index (χ2v) is 4.54. The molecule has 0 atom stereocenters. The van der Waals surface area contributed by atoms with Crippen molar-refractivity contribution in [2.24, 2.45) is 0 Å². The lowest BCUT2D eigenvalue weighted by Crippen LogP contribution is -2.00. The predicted octanol–water partition coefficient (Wildman–Crippen LogP) is 3.61. The Bertz CT molecular complexity index is 827. The Kier molecular flexibility index (Phi) is 5.55. The fraction of sp³-hybridized carbons (Fsp3) is 0.0556. The van der Waals surface area contributed by atoms with E-state index in [1.807, 2.05) is 0 Å². The summed E-state index contributed by atoms with van der Waals surface area (Å²) < 4.78 is 10.4. The van der Waals surface area contributed by atoms with Crippen molar-refractivity contribution in [1.29, 1.82) is 10.5 Å². The normalized spacial score (nSPS) is 9.12. The zero-order valence-electron chi connectivity index (χ0n) is 12.8. The van der Waals surface area contributed by atoms with E-state index >= 15 is 0 Å². The van der Waals surface area contributed by atoms with E-state index < -0.39 is 5.97 Å². The lowest BCUT2D eigenvalue weighted by atomic mass is 10.2. The molecule has 0 aliphatic rings. The Morgan fingerprint density at radius 3 is 2.38 bits per heavy atom. The van der Waals surface area contributed by atoms with Gasteiger partial charge >= 0.3 is 5.97 Å². The fourth-order valence-electron chi connectivity index (χ4n) is 1.82. The first kappa shape index (κ1) is 16.6. The van der Waals surface area contributed by atoms with Gasteiger partial charge in [-0.1, -0.05) is 12.1 Å². The molecule has 0 aliphatic heterocycles. The van der Waals surface area contributed by atoms with E-state index in [4.69, 9.17) is 15.3 Å². The molecule has 2 aromatic carbocycles. The lowest BCUT2D eigenvalue weighted by Gasteiger charge is -2.11. The molecule has 2 aromatic rings. The summed E-state index contributed by atoms with van der Waals surface area (Å²) in [5.74, 6) is 0.616. The van der Waals surface area contributed by atoms with Crippen molar-refractivity contribution in [2.75, 3.05) is 12.4 Å². The van der Waals surface area contributed by atoms with Crippen LogP contribution in [0.1, 0.15) is 10.4 Å². The minimum Gasteiger partial charge on any atom is -0.465 e. The molecule has 0 heterocycles. The van der Waals surface area contributed by atoms with Crippen molar-refractivity contribution in [2.45, 2.75) is 0 Å². The highest BCUT2D eigenvalue weighted by atomic mass is 16.5. The van der Waals surface area contributed by atoms with Gasteiger partial charge in [0.2, 0.25) is 0 Å². The van der Waals surface area contributed by atoms with Gasteiger partial charge in [0, 0.05) is 6.20 Å². The predicted molar refractivity (Wildman–Crippen MR) is 87.2 cm³/mol. The van der Waals surface area contributed by atoms with Crippen LogP contribution in [0.15, 0.2) is 60.3 Å². The molecule has 0 saturated carbocycles. The van der Waals surface area contributed by atoms with Crippen LogP contribution in [0.25, 0.3) is 0 Å². The monoisotopic (exact) mass is 319 g/mol. The molecule has 0 fully saturated rings. The number of benzene rings is 2. The minimum atomic E-state index is -0.422. The van der Waals surface area contributed by atoms with Crippen LogP contribution < -0.4 is 10.1 Å². The molecular formula is C18H13N3O3. The van der Waals surface area contributed by atoms with Gasteiger partial charge in [-0.2, -0.15) is 10.5 Å². The summed E-state index contributed by atoms with van der Waals surface area (Å²) in [5, 5.41) is 20.4. The van der Waals surface area contributed by atoms with Crippen molar-refractivity contribution in [1.82, 2.24) is 0 Å². The van der Waals surface area contributed by atoms with E-state index in [9.17, 15) is 4.79 Å². The van der Waals surface area contributed by atoms with E-state index in [1.54, 1.807) is 60.7 Å². The first-order valence-corrected chi connectivity index (χ1v) is 6.90. The van der Waals surface area contributed by atoms with Gasteiger partial charge in [-0.05, 0) is 36.4 Å². The first-order chi connectivity index (χ1) is 11.7. The highest BCUT2D eigenvalue weighted by molar-refractivity contribution is 5.89. The molecule has 118 valence electrons. The van der Waals surface area contributed by atoms with Crippen molar-refractivity contribution in [3.05, 3.63) is 65.9 Å². The standard InChI is InChI=1S/C18H13N3O3/c1-23-18(22)14-6-8-15(9-7-14)24-17-5-3-2-4-16(17)21-12-13(10-19)11-20/h2-9,12,21H,1H3. The minimum absolute atomic E-state index is 0.0489. The number of rotatable bonds is 5. The van der Waals surface area contributed by atoms with Crippen LogP contribution in [0.5, 0.6) is 11.5 Å². The highest BCUT2D eigenvalue weighted by Gasteiger charge is 2.07.